The standard InChI is InChI=1S/C14H9Cl2F3/c1-8-5-6-9(10(7-8)14(17,18)19)13-11(15)3-2-4-12(13)16/h2-7H,1H3. The van der Waals surface area contributed by atoms with E-state index in [1.807, 2.05) is 0 Å². The average molecular weight is 305 g/mol. The molecule has 0 nitrogen and oxygen atoms in total. The van der Waals surface area contributed by atoms with Gasteiger partial charge >= 0.3 is 6.18 Å². The summed E-state index contributed by atoms with van der Waals surface area (Å²) in [5.41, 5.74) is -0.00592. The van der Waals surface area contributed by atoms with E-state index in [1.165, 1.54) is 18.2 Å². The fourth-order valence-corrected chi connectivity index (χ4v) is 2.47. The molecule has 0 N–H and O–H groups in total. The Morgan fingerprint density at radius 1 is 0.947 bits per heavy atom. The average Bonchev–Trinajstić information content (AvgIpc) is 2.29. The van der Waals surface area contributed by atoms with Crippen molar-refractivity contribution in [3.8, 4) is 11.1 Å². The number of benzene rings is 2. The molecular formula is C14H9Cl2F3. The molecule has 0 saturated carbocycles. The van der Waals surface area contributed by atoms with E-state index in [2.05, 4.69) is 0 Å². The first-order valence-corrected chi connectivity index (χ1v) is 6.18. The summed E-state index contributed by atoms with van der Waals surface area (Å²) in [6, 6.07) is 8.71. The van der Waals surface area contributed by atoms with Crippen molar-refractivity contribution in [3.05, 3.63) is 57.6 Å². The van der Waals surface area contributed by atoms with E-state index in [-0.39, 0.29) is 21.2 Å². The predicted molar refractivity (Wildman–Crippen MR) is 71.6 cm³/mol. The van der Waals surface area contributed by atoms with Crippen molar-refractivity contribution in [1.29, 1.82) is 0 Å². The number of hydrogen-bond acceptors (Lipinski definition) is 0. The molecule has 0 fully saturated rings. The minimum Gasteiger partial charge on any atom is -0.166 e. The van der Waals surface area contributed by atoms with Crippen LogP contribution in [0.2, 0.25) is 10.0 Å². The molecule has 0 bridgehead atoms. The van der Waals surface area contributed by atoms with Crippen molar-refractivity contribution < 1.29 is 13.2 Å². The van der Waals surface area contributed by atoms with Crippen LogP contribution in [-0.4, -0.2) is 0 Å². The number of hydrogen-bond donors (Lipinski definition) is 0. The molecule has 0 unspecified atom stereocenters. The van der Waals surface area contributed by atoms with Crippen LogP contribution in [0.5, 0.6) is 0 Å². The summed E-state index contributed by atoms with van der Waals surface area (Å²) in [7, 11) is 0. The van der Waals surface area contributed by atoms with Crippen LogP contribution in [0.4, 0.5) is 13.2 Å². The molecule has 19 heavy (non-hydrogen) atoms. The van der Waals surface area contributed by atoms with E-state index in [4.69, 9.17) is 23.2 Å². The molecule has 0 aliphatic rings. The molecule has 0 atom stereocenters. The third-order valence-corrected chi connectivity index (χ3v) is 3.34. The van der Waals surface area contributed by atoms with Crippen molar-refractivity contribution in [3.63, 3.8) is 0 Å². The first-order chi connectivity index (χ1) is 8.80. The van der Waals surface area contributed by atoms with E-state index in [9.17, 15) is 13.2 Å². The van der Waals surface area contributed by atoms with Gasteiger partial charge in [-0.25, -0.2) is 0 Å². The van der Waals surface area contributed by atoms with Crippen LogP contribution in [0.1, 0.15) is 11.1 Å². The van der Waals surface area contributed by atoms with Gasteiger partial charge in [-0.3, -0.25) is 0 Å². The van der Waals surface area contributed by atoms with E-state index < -0.39 is 11.7 Å². The normalized spacial score (nSPS) is 11.7. The van der Waals surface area contributed by atoms with Crippen LogP contribution in [0.15, 0.2) is 36.4 Å². The highest BCUT2D eigenvalue weighted by Gasteiger charge is 2.34. The Morgan fingerprint density at radius 3 is 2.05 bits per heavy atom. The topological polar surface area (TPSA) is 0 Å². The van der Waals surface area contributed by atoms with Gasteiger partial charge in [-0.05, 0) is 30.7 Å². The maximum absolute atomic E-state index is 13.1. The SMILES string of the molecule is Cc1ccc(-c2c(Cl)cccc2Cl)c(C(F)(F)F)c1. The van der Waals surface area contributed by atoms with Crippen LogP contribution in [0, 0.1) is 6.92 Å². The molecule has 0 saturated heterocycles. The summed E-state index contributed by atoms with van der Waals surface area (Å²) >= 11 is 11.9. The van der Waals surface area contributed by atoms with Gasteiger partial charge < -0.3 is 0 Å². The van der Waals surface area contributed by atoms with Crippen LogP contribution >= 0.6 is 23.2 Å². The van der Waals surface area contributed by atoms with Gasteiger partial charge in [0.05, 0.1) is 5.56 Å². The maximum Gasteiger partial charge on any atom is 0.417 e. The zero-order chi connectivity index (χ0) is 14.2. The van der Waals surface area contributed by atoms with Gasteiger partial charge in [0.25, 0.3) is 0 Å². The first-order valence-electron chi connectivity index (χ1n) is 5.43. The molecule has 2 aromatic carbocycles. The molecule has 0 heterocycles. The smallest absolute Gasteiger partial charge is 0.166 e. The molecule has 2 aromatic rings. The van der Waals surface area contributed by atoms with Crippen molar-refractivity contribution in [2.75, 3.05) is 0 Å². The summed E-state index contributed by atoms with van der Waals surface area (Å²) in [4.78, 5) is 0. The second kappa shape index (κ2) is 5.06. The van der Waals surface area contributed by atoms with Crippen molar-refractivity contribution in [2.45, 2.75) is 13.1 Å². The second-order valence-corrected chi connectivity index (χ2v) is 4.96. The van der Waals surface area contributed by atoms with E-state index in [0.29, 0.717) is 5.56 Å². The highest BCUT2D eigenvalue weighted by Crippen LogP contribution is 2.42. The second-order valence-electron chi connectivity index (χ2n) is 4.14. The third-order valence-electron chi connectivity index (χ3n) is 2.71. The first kappa shape index (κ1) is 14.2. The molecule has 0 amide bonds. The lowest BCUT2D eigenvalue weighted by molar-refractivity contribution is -0.137. The summed E-state index contributed by atoms with van der Waals surface area (Å²) in [6.45, 7) is 1.60. The van der Waals surface area contributed by atoms with Crippen molar-refractivity contribution >= 4 is 23.2 Å². The van der Waals surface area contributed by atoms with E-state index in [1.54, 1.807) is 19.1 Å². The lowest BCUT2D eigenvalue weighted by atomic mass is 9.97. The summed E-state index contributed by atoms with van der Waals surface area (Å²) in [6.07, 6.45) is -4.45. The zero-order valence-electron chi connectivity index (χ0n) is 9.85. The Labute approximate surface area is 118 Å². The summed E-state index contributed by atoms with van der Waals surface area (Å²) in [5, 5.41) is 0.392. The number of alkyl halides is 3. The largest absolute Gasteiger partial charge is 0.417 e. The van der Waals surface area contributed by atoms with Crippen molar-refractivity contribution in [1.82, 2.24) is 0 Å². The fourth-order valence-electron chi connectivity index (χ4n) is 1.87. The highest BCUT2D eigenvalue weighted by molar-refractivity contribution is 6.39. The lowest BCUT2D eigenvalue weighted by Crippen LogP contribution is -2.08. The van der Waals surface area contributed by atoms with E-state index >= 15 is 0 Å². The Hall–Kier alpha value is -1.19. The Balaban J connectivity index is 2.76. The van der Waals surface area contributed by atoms with Gasteiger partial charge in [0, 0.05) is 15.6 Å². The number of aryl methyl sites for hydroxylation is 1. The highest BCUT2D eigenvalue weighted by atomic mass is 35.5. The van der Waals surface area contributed by atoms with Crippen LogP contribution in [-0.2, 0) is 6.18 Å². The fraction of sp³-hybridized carbons (Fsp3) is 0.143. The molecule has 2 rings (SSSR count). The van der Waals surface area contributed by atoms with Gasteiger partial charge in [-0.2, -0.15) is 13.2 Å². The monoisotopic (exact) mass is 304 g/mol. The maximum atomic E-state index is 13.1. The lowest BCUT2D eigenvalue weighted by Gasteiger charge is -2.15. The molecule has 0 aliphatic carbocycles. The molecule has 0 aromatic heterocycles. The molecular weight excluding hydrogens is 296 g/mol. The summed E-state index contributed by atoms with van der Waals surface area (Å²) in [5.74, 6) is 0. The van der Waals surface area contributed by atoms with Crippen LogP contribution < -0.4 is 0 Å². The van der Waals surface area contributed by atoms with Crippen LogP contribution in [0.25, 0.3) is 11.1 Å². The zero-order valence-corrected chi connectivity index (χ0v) is 11.4. The minimum absolute atomic E-state index is 0.00583. The molecule has 100 valence electrons. The van der Waals surface area contributed by atoms with Gasteiger partial charge in [-0.1, -0.05) is 47.0 Å². The molecule has 0 aliphatic heterocycles. The van der Waals surface area contributed by atoms with E-state index in [0.717, 1.165) is 6.07 Å². The number of halogens is 5. The Kier molecular flexibility index (Phi) is 3.79. The Bertz CT molecular complexity index is 598. The van der Waals surface area contributed by atoms with Gasteiger partial charge in [0.2, 0.25) is 0 Å². The molecule has 0 radical (unpaired) electrons. The van der Waals surface area contributed by atoms with Gasteiger partial charge in [0.1, 0.15) is 0 Å². The summed E-state index contributed by atoms with van der Waals surface area (Å²) < 4.78 is 39.3. The minimum atomic E-state index is -4.45. The van der Waals surface area contributed by atoms with Gasteiger partial charge in [-0.15, -0.1) is 0 Å². The quantitative estimate of drug-likeness (QED) is 0.607. The molecule has 5 heteroatoms. The third kappa shape index (κ3) is 2.88. The predicted octanol–water partition coefficient (Wildman–Crippen LogP) is 5.99. The van der Waals surface area contributed by atoms with Gasteiger partial charge in [0.15, 0.2) is 0 Å². The van der Waals surface area contributed by atoms with Crippen LogP contribution in [0.3, 0.4) is 0 Å². The molecule has 0 spiro atoms. The number of rotatable bonds is 1. The Morgan fingerprint density at radius 2 is 1.53 bits per heavy atom. The van der Waals surface area contributed by atoms with Crippen molar-refractivity contribution in [2.24, 2.45) is 0 Å².